The van der Waals surface area contributed by atoms with Crippen molar-refractivity contribution in [3.63, 3.8) is 0 Å². The summed E-state index contributed by atoms with van der Waals surface area (Å²) in [6.07, 6.45) is 2.45. The summed E-state index contributed by atoms with van der Waals surface area (Å²) in [6, 6.07) is 5.36. The third-order valence-corrected chi connectivity index (χ3v) is 7.34. The standard InChI is InChI=1S/C19H28N2O4S/c1-3-15(4-2)19(22)20-8-7-16-5-6-18(13-17(16)14-20)26(23,24)21-9-11-25-12-10-21/h5-6,13,15H,3-4,7-12,14H2,1-2H3. The molecule has 2 heterocycles. The lowest BCUT2D eigenvalue weighted by atomic mass is 9.96. The highest BCUT2D eigenvalue weighted by Crippen LogP contribution is 2.26. The van der Waals surface area contributed by atoms with Crippen LogP contribution in [0.5, 0.6) is 0 Å². The third kappa shape index (κ3) is 3.80. The number of fused-ring (bicyclic) bond motifs is 1. The van der Waals surface area contributed by atoms with Crippen LogP contribution in [0.2, 0.25) is 0 Å². The van der Waals surface area contributed by atoms with Gasteiger partial charge in [0.25, 0.3) is 0 Å². The number of hydrogen-bond donors (Lipinski definition) is 0. The van der Waals surface area contributed by atoms with Gasteiger partial charge in [-0.2, -0.15) is 4.31 Å². The summed E-state index contributed by atoms with van der Waals surface area (Å²) in [4.78, 5) is 14.9. The number of morpholine rings is 1. The molecule has 144 valence electrons. The Labute approximate surface area is 156 Å². The lowest BCUT2D eigenvalue weighted by Gasteiger charge is -2.32. The molecule has 0 unspecified atom stereocenters. The van der Waals surface area contributed by atoms with E-state index in [0.717, 1.165) is 30.4 Å². The zero-order valence-corrected chi connectivity index (χ0v) is 16.4. The van der Waals surface area contributed by atoms with Crippen molar-refractivity contribution in [1.82, 2.24) is 9.21 Å². The maximum Gasteiger partial charge on any atom is 0.243 e. The summed E-state index contributed by atoms with van der Waals surface area (Å²) < 4.78 is 32.5. The van der Waals surface area contributed by atoms with Gasteiger partial charge in [0, 0.05) is 32.1 Å². The van der Waals surface area contributed by atoms with Crippen LogP contribution < -0.4 is 0 Å². The fourth-order valence-electron chi connectivity index (χ4n) is 3.71. The van der Waals surface area contributed by atoms with Gasteiger partial charge in [-0.05, 0) is 42.5 Å². The summed E-state index contributed by atoms with van der Waals surface area (Å²) >= 11 is 0. The van der Waals surface area contributed by atoms with Crippen LogP contribution in [-0.4, -0.2) is 56.4 Å². The molecule has 1 aromatic rings. The van der Waals surface area contributed by atoms with Crippen molar-refractivity contribution in [3.05, 3.63) is 29.3 Å². The van der Waals surface area contributed by atoms with E-state index in [2.05, 4.69) is 0 Å². The molecule has 2 aliphatic rings. The van der Waals surface area contributed by atoms with Crippen LogP contribution in [0.15, 0.2) is 23.1 Å². The number of carbonyl (C=O) groups is 1. The van der Waals surface area contributed by atoms with Crippen LogP contribution >= 0.6 is 0 Å². The van der Waals surface area contributed by atoms with Gasteiger partial charge in [0.2, 0.25) is 15.9 Å². The molecule has 0 bridgehead atoms. The third-order valence-electron chi connectivity index (χ3n) is 5.44. The molecule has 1 fully saturated rings. The van der Waals surface area contributed by atoms with E-state index in [1.807, 2.05) is 24.8 Å². The van der Waals surface area contributed by atoms with Gasteiger partial charge in [0.1, 0.15) is 0 Å². The number of nitrogens with zero attached hydrogens (tertiary/aromatic N) is 2. The van der Waals surface area contributed by atoms with E-state index in [-0.39, 0.29) is 11.8 Å². The van der Waals surface area contributed by atoms with Crippen molar-refractivity contribution in [2.24, 2.45) is 5.92 Å². The molecule has 1 amide bonds. The summed E-state index contributed by atoms with van der Waals surface area (Å²) in [7, 11) is -3.51. The lowest BCUT2D eigenvalue weighted by molar-refractivity contribution is -0.136. The second-order valence-electron chi connectivity index (χ2n) is 6.97. The van der Waals surface area contributed by atoms with Crippen LogP contribution in [0.3, 0.4) is 0 Å². The molecule has 0 N–H and O–H groups in total. The molecule has 0 saturated carbocycles. The number of rotatable bonds is 5. The van der Waals surface area contributed by atoms with Crippen LogP contribution in [0.1, 0.15) is 37.8 Å². The number of amides is 1. The predicted octanol–water partition coefficient (Wildman–Crippen LogP) is 2.03. The van der Waals surface area contributed by atoms with Crippen molar-refractivity contribution in [2.45, 2.75) is 44.6 Å². The molecule has 6 nitrogen and oxygen atoms in total. The molecule has 0 radical (unpaired) electrons. The topological polar surface area (TPSA) is 66.9 Å². The Hall–Kier alpha value is -1.44. The highest BCUT2D eigenvalue weighted by Gasteiger charge is 2.29. The average Bonchev–Trinajstić information content (AvgIpc) is 2.68. The second-order valence-corrected chi connectivity index (χ2v) is 8.91. The van der Waals surface area contributed by atoms with Crippen LogP contribution in [0.25, 0.3) is 0 Å². The number of ether oxygens (including phenoxy) is 1. The van der Waals surface area contributed by atoms with Crippen molar-refractivity contribution < 1.29 is 17.9 Å². The predicted molar refractivity (Wildman–Crippen MR) is 99.2 cm³/mol. The molecule has 0 spiro atoms. The van der Waals surface area contributed by atoms with E-state index in [1.54, 1.807) is 12.1 Å². The van der Waals surface area contributed by atoms with E-state index in [9.17, 15) is 13.2 Å². The summed E-state index contributed by atoms with van der Waals surface area (Å²) in [5.74, 6) is 0.235. The lowest BCUT2D eigenvalue weighted by Crippen LogP contribution is -2.41. The van der Waals surface area contributed by atoms with Crippen LogP contribution in [0, 0.1) is 5.92 Å². The molecular formula is C19H28N2O4S. The minimum Gasteiger partial charge on any atom is -0.379 e. The van der Waals surface area contributed by atoms with Crippen LogP contribution in [-0.2, 0) is 32.5 Å². The first kappa shape index (κ1) is 19.3. The summed E-state index contributed by atoms with van der Waals surface area (Å²) in [5, 5.41) is 0. The van der Waals surface area contributed by atoms with Gasteiger partial charge >= 0.3 is 0 Å². The number of hydrogen-bond acceptors (Lipinski definition) is 4. The first-order valence-electron chi connectivity index (χ1n) is 9.45. The normalized spacial score (nSPS) is 18.8. The molecule has 0 atom stereocenters. The quantitative estimate of drug-likeness (QED) is 0.784. The number of benzene rings is 1. The molecular weight excluding hydrogens is 352 g/mol. The van der Waals surface area contributed by atoms with Crippen molar-refractivity contribution in [2.75, 3.05) is 32.8 Å². The Balaban J connectivity index is 1.82. The van der Waals surface area contributed by atoms with Crippen LogP contribution in [0.4, 0.5) is 0 Å². The molecule has 1 saturated heterocycles. The highest BCUT2D eigenvalue weighted by atomic mass is 32.2. The minimum absolute atomic E-state index is 0.0526. The Morgan fingerprint density at radius 2 is 1.81 bits per heavy atom. The Bertz CT molecular complexity index is 753. The zero-order valence-electron chi connectivity index (χ0n) is 15.6. The van der Waals surface area contributed by atoms with Gasteiger partial charge < -0.3 is 9.64 Å². The Morgan fingerprint density at radius 1 is 1.12 bits per heavy atom. The number of sulfonamides is 1. The van der Waals surface area contributed by atoms with E-state index in [0.29, 0.717) is 44.3 Å². The molecule has 7 heteroatoms. The smallest absolute Gasteiger partial charge is 0.243 e. The van der Waals surface area contributed by atoms with Gasteiger partial charge in [-0.3, -0.25) is 4.79 Å². The van der Waals surface area contributed by atoms with Gasteiger partial charge in [-0.15, -0.1) is 0 Å². The highest BCUT2D eigenvalue weighted by molar-refractivity contribution is 7.89. The average molecular weight is 381 g/mol. The second kappa shape index (κ2) is 8.06. The molecule has 3 rings (SSSR count). The number of carbonyl (C=O) groups excluding carboxylic acids is 1. The van der Waals surface area contributed by atoms with E-state index >= 15 is 0 Å². The van der Waals surface area contributed by atoms with Gasteiger partial charge in [0.15, 0.2) is 0 Å². The van der Waals surface area contributed by atoms with Crippen molar-refractivity contribution in [1.29, 1.82) is 0 Å². The van der Waals surface area contributed by atoms with Gasteiger partial charge in [0.05, 0.1) is 18.1 Å². The maximum absolute atomic E-state index is 12.9. The first-order valence-corrected chi connectivity index (χ1v) is 10.9. The van der Waals surface area contributed by atoms with Crippen molar-refractivity contribution >= 4 is 15.9 Å². The van der Waals surface area contributed by atoms with Gasteiger partial charge in [-0.25, -0.2) is 8.42 Å². The van der Waals surface area contributed by atoms with Crippen molar-refractivity contribution in [3.8, 4) is 0 Å². The maximum atomic E-state index is 12.9. The summed E-state index contributed by atoms with van der Waals surface area (Å²) in [6.45, 7) is 6.92. The Morgan fingerprint density at radius 3 is 2.46 bits per heavy atom. The molecule has 2 aliphatic heterocycles. The minimum atomic E-state index is -3.51. The molecule has 0 aliphatic carbocycles. The SMILES string of the molecule is CCC(CC)C(=O)N1CCc2ccc(S(=O)(=O)N3CCOCC3)cc2C1. The molecule has 1 aromatic carbocycles. The first-order chi connectivity index (χ1) is 12.5. The summed E-state index contributed by atoms with van der Waals surface area (Å²) in [5.41, 5.74) is 2.09. The largest absolute Gasteiger partial charge is 0.379 e. The van der Waals surface area contributed by atoms with Gasteiger partial charge in [-0.1, -0.05) is 19.9 Å². The zero-order chi connectivity index (χ0) is 18.7. The Kier molecular flexibility index (Phi) is 5.99. The molecule has 0 aromatic heterocycles. The molecule has 26 heavy (non-hydrogen) atoms. The fourth-order valence-corrected chi connectivity index (χ4v) is 5.17. The van der Waals surface area contributed by atoms with E-state index < -0.39 is 10.0 Å². The monoisotopic (exact) mass is 380 g/mol. The van der Waals surface area contributed by atoms with E-state index in [4.69, 9.17) is 4.74 Å². The van der Waals surface area contributed by atoms with E-state index in [1.165, 1.54) is 4.31 Å². The fraction of sp³-hybridized carbons (Fsp3) is 0.632.